The van der Waals surface area contributed by atoms with Crippen molar-refractivity contribution < 1.29 is 9.13 Å². The van der Waals surface area contributed by atoms with Gasteiger partial charge >= 0.3 is 0 Å². The molecule has 1 aromatic carbocycles. The number of benzene rings is 1. The molecule has 2 aromatic heterocycles. The highest BCUT2D eigenvalue weighted by atomic mass is 19.1. The van der Waals surface area contributed by atoms with Gasteiger partial charge in [-0.1, -0.05) is 6.07 Å². The molecule has 1 aliphatic heterocycles. The van der Waals surface area contributed by atoms with Crippen molar-refractivity contribution in [1.82, 2.24) is 24.9 Å². The zero-order valence-electron chi connectivity index (χ0n) is 15.4. The minimum absolute atomic E-state index is 0.284. The summed E-state index contributed by atoms with van der Waals surface area (Å²) in [5.74, 6) is 0.719. The van der Waals surface area contributed by atoms with Crippen LogP contribution in [-0.2, 0) is 20.0 Å². The second kappa shape index (κ2) is 7.92. The Labute approximate surface area is 158 Å². The van der Waals surface area contributed by atoms with Crippen LogP contribution in [0.25, 0.3) is 0 Å². The number of nitrogens with one attached hydrogen (secondary N) is 1. The van der Waals surface area contributed by atoms with Crippen LogP contribution in [0.3, 0.4) is 0 Å². The van der Waals surface area contributed by atoms with Gasteiger partial charge in [0, 0.05) is 50.4 Å². The number of aromatic nitrogens is 4. The third kappa shape index (κ3) is 4.36. The molecular weight excluding hydrogens is 345 g/mol. The van der Waals surface area contributed by atoms with E-state index in [1.807, 2.05) is 17.9 Å². The summed E-state index contributed by atoms with van der Waals surface area (Å²) in [7, 11) is 1.98. The molecule has 0 radical (unpaired) electrons. The maximum absolute atomic E-state index is 13.2. The number of hydrogen-bond donors (Lipinski definition) is 1. The molecule has 0 amide bonds. The standard InChI is InChI=1S/C20H24FN5O/c1-25-18(5-8-22-25)14-26-9-6-15(13-26)20-12-17(23-24-20)7-10-27-19-4-2-3-16(21)11-19/h2-5,8,11-12,15H,6-7,9-10,13-14H2,1H3,(H,23,24). The zero-order valence-corrected chi connectivity index (χ0v) is 15.4. The third-order valence-corrected chi connectivity index (χ3v) is 5.09. The second-order valence-corrected chi connectivity index (χ2v) is 7.04. The summed E-state index contributed by atoms with van der Waals surface area (Å²) in [6.07, 6.45) is 3.67. The van der Waals surface area contributed by atoms with Crippen LogP contribution in [-0.4, -0.2) is 44.6 Å². The predicted octanol–water partition coefficient (Wildman–Crippen LogP) is 2.89. The monoisotopic (exact) mass is 369 g/mol. The highest BCUT2D eigenvalue weighted by Crippen LogP contribution is 2.27. The van der Waals surface area contributed by atoms with Crippen LogP contribution in [0.1, 0.15) is 29.4 Å². The van der Waals surface area contributed by atoms with Gasteiger partial charge in [-0.2, -0.15) is 10.2 Å². The Morgan fingerprint density at radius 3 is 3.04 bits per heavy atom. The lowest BCUT2D eigenvalue weighted by molar-refractivity contribution is 0.316. The maximum atomic E-state index is 13.2. The van der Waals surface area contributed by atoms with Gasteiger partial charge in [0.25, 0.3) is 0 Å². The fraction of sp³-hybridized carbons (Fsp3) is 0.400. The maximum Gasteiger partial charge on any atom is 0.126 e. The molecule has 142 valence electrons. The lowest BCUT2D eigenvalue weighted by Gasteiger charge is -2.15. The molecule has 1 aliphatic rings. The van der Waals surface area contributed by atoms with E-state index in [9.17, 15) is 4.39 Å². The van der Waals surface area contributed by atoms with Crippen LogP contribution in [0, 0.1) is 5.82 Å². The van der Waals surface area contributed by atoms with E-state index in [0.717, 1.165) is 43.9 Å². The Bertz CT molecular complexity index is 890. The molecule has 4 rings (SSSR count). The Morgan fingerprint density at radius 2 is 2.22 bits per heavy atom. The number of ether oxygens (including phenoxy) is 1. The molecule has 1 atom stereocenters. The number of H-pyrrole nitrogens is 1. The summed E-state index contributed by atoms with van der Waals surface area (Å²) < 4.78 is 20.7. The number of likely N-dealkylation sites (tertiary alicyclic amines) is 1. The molecule has 0 spiro atoms. The first kappa shape index (κ1) is 17.7. The van der Waals surface area contributed by atoms with Gasteiger partial charge in [-0.15, -0.1) is 0 Å². The molecule has 3 aromatic rings. The quantitative estimate of drug-likeness (QED) is 0.696. The van der Waals surface area contributed by atoms with Crippen molar-refractivity contribution in [2.24, 2.45) is 7.05 Å². The minimum Gasteiger partial charge on any atom is -0.493 e. The molecule has 1 N–H and O–H groups in total. The van der Waals surface area contributed by atoms with Crippen molar-refractivity contribution in [3.05, 3.63) is 65.5 Å². The fourth-order valence-corrected chi connectivity index (χ4v) is 3.56. The summed E-state index contributed by atoms with van der Waals surface area (Å²) in [6.45, 7) is 3.49. The van der Waals surface area contributed by atoms with Crippen LogP contribution >= 0.6 is 0 Å². The third-order valence-electron chi connectivity index (χ3n) is 5.09. The van der Waals surface area contributed by atoms with Crippen molar-refractivity contribution in [3.63, 3.8) is 0 Å². The van der Waals surface area contributed by atoms with Crippen LogP contribution in [0.4, 0.5) is 4.39 Å². The molecule has 0 saturated carbocycles. The fourth-order valence-electron chi connectivity index (χ4n) is 3.56. The topological polar surface area (TPSA) is 59.0 Å². The highest BCUT2D eigenvalue weighted by molar-refractivity contribution is 5.22. The van der Waals surface area contributed by atoms with Gasteiger partial charge in [-0.3, -0.25) is 14.7 Å². The molecule has 7 heteroatoms. The number of aromatic amines is 1. The van der Waals surface area contributed by atoms with Gasteiger partial charge in [0.05, 0.1) is 18.0 Å². The van der Waals surface area contributed by atoms with Crippen molar-refractivity contribution in [3.8, 4) is 5.75 Å². The molecule has 27 heavy (non-hydrogen) atoms. The van der Waals surface area contributed by atoms with E-state index in [2.05, 4.69) is 32.3 Å². The SMILES string of the molecule is Cn1nccc1CN1CCC(c2cc(CCOc3cccc(F)c3)[nH]n2)C1. The van der Waals surface area contributed by atoms with E-state index >= 15 is 0 Å². The van der Waals surface area contributed by atoms with Crippen LogP contribution in [0.15, 0.2) is 42.6 Å². The zero-order chi connectivity index (χ0) is 18.6. The number of halogens is 1. The molecule has 3 heterocycles. The normalized spacial score (nSPS) is 17.5. The van der Waals surface area contributed by atoms with Crippen LogP contribution in [0.2, 0.25) is 0 Å². The van der Waals surface area contributed by atoms with Crippen molar-refractivity contribution in [1.29, 1.82) is 0 Å². The first-order valence-electron chi connectivity index (χ1n) is 9.29. The first-order valence-corrected chi connectivity index (χ1v) is 9.29. The lowest BCUT2D eigenvalue weighted by Crippen LogP contribution is -2.21. The minimum atomic E-state index is -0.284. The van der Waals surface area contributed by atoms with E-state index in [-0.39, 0.29) is 5.82 Å². The molecule has 1 fully saturated rings. The number of hydrogen-bond acceptors (Lipinski definition) is 4. The summed E-state index contributed by atoms with van der Waals surface area (Å²) >= 11 is 0. The molecule has 6 nitrogen and oxygen atoms in total. The molecular formula is C20H24FN5O. The Morgan fingerprint density at radius 1 is 1.30 bits per heavy atom. The second-order valence-electron chi connectivity index (χ2n) is 7.04. The lowest BCUT2D eigenvalue weighted by atomic mass is 10.0. The molecule has 0 bridgehead atoms. The van der Waals surface area contributed by atoms with Crippen LogP contribution in [0.5, 0.6) is 5.75 Å². The Kier molecular flexibility index (Phi) is 5.20. The van der Waals surface area contributed by atoms with Crippen molar-refractivity contribution in [2.45, 2.75) is 25.3 Å². The Hall–Kier alpha value is -2.67. The number of rotatable bonds is 7. The smallest absolute Gasteiger partial charge is 0.126 e. The summed E-state index contributed by atoms with van der Waals surface area (Å²) in [6, 6.07) is 10.4. The number of aryl methyl sites for hydroxylation is 1. The van der Waals surface area contributed by atoms with E-state index in [0.29, 0.717) is 18.3 Å². The van der Waals surface area contributed by atoms with Crippen LogP contribution < -0.4 is 4.74 Å². The molecule has 1 unspecified atom stereocenters. The van der Waals surface area contributed by atoms with Gasteiger partial charge < -0.3 is 4.74 Å². The number of nitrogens with zero attached hydrogens (tertiary/aromatic N) is 4. The van der Waals surface area contributed by atoms with E-state index in [4.69, 9.17) is 4.74 Å². The predicted molar refractivity (Wildman–Crippen MR) is 100 cm³/mol. The largest absolute Gasteiger partial charge is 0.493 e. The first-order chi connectivity index (χ1) is 13.2. The summed E-state index contributed by atoms with van der Waals surface area (Å²) in [5.41, 5.74) is 3.39. The highest BCUT2D eigenvalue weighted by Gasteiger charge is 2.26. The van der Waals surface area contributed by atoms with E-state index < -0.39 is 0 Å². The summed E-state index contributed by atoms with van der Waals surface area (Å²) in [5, 5.41) is 11.8. The average Bonchev–Trinajstić information content (AvgIpc) is 3.38. The van der Waals surface area contributed by atoms with Gasteiger partial charge in [0.2, 0.25) is 0 Å². The van der Waals surface area contributed by atoms with Crippen molar-refractivity contribution >= 4 is 0 Å². The van der Waals surface area contributed by atoms with Crippen molar-refractivity contribution in [2.75, 3.05) is 19.7 Å². The van der Waals surface area contributed by atoms with Gasteiger partial charge in [-0.25, -0.2) is 4.39 Å². The Balaban J connectivity index is 1.27. The van der Waals surface area contributed by atoms with E-state index in [1.165, 1.54) is 17.8 Å². The molecule has 1 saturated heterocycles. The van der Waals surface area contributed by atoms with E-state index in [1.54, 1.807) is 12.1 Å². The molecule has 0 aliphatic carbocycles. The van der Waals surface area contributed by atoms with Gasteiger partial charge in [0.1, 0.15) is 11.6 Å². The summed E-state index contributed by atoms with van der Waals surface area (Å²) in [4.78, 5) is 2.45. The van der Waals surface area contributed by atoms with Gasteiger partial charge in [-0.05, 0) is 37.2 Å². The average molecular weight is 369 g/mol. The van der Waals surface area contributed by atoms with Gasteiger partial charge in [0.15, 0.2) is 0 Å².